The van der Waals surface area contributed by atoms with Gasteiger partial charge in [-0.1, -0.05) is 6.07 Å². The quantitative estimate of drug-likeness (QED) is 0.512. The summed E-state index contributed by atoms with van der Waals surface area (Å²) < 4.78 is 23.9. The number of methoxy groups -OCH3 is 2. The summed E-state index contributed by atoms with van der Waals surface area (Å²) in [5.74, 6) is -1.34. The molecule has 1 atom stereocenters. The van der Waals surface area contributed by atoms with Crippen LogP contribution in [-0.2, 0) is 9.53 Å². The molecule has 2 aromatic carbocycles. The number of esters is 1. The fourth-order valence-corrected chi connectivity index (χ4v) is 2.99. The lowest BCUT2D eigenvalue weighted by Crippen LogP contribution is -2.23. The van der Waals surface area contributed by atoms with E-state index in [2.05, 4.69) is 10.3 Å². The molecule has 7 heteroatoms. The van der Waals surface area contributed by atoms with Crippen LogP contribution in [0.2, 0.25) is 0 Å². The molecule has 6 nitrogen and oxygen atoms in total. The van der Waals surface area contributed by atoms with E-state index in [4.69, 9.17) is 15.2 Å². The van der Waals surface area contributed by atoms with Crippen molar-refractivity contribution < 1.29 is 18.7 Å². The molecule has 0 spiro atoms. The van der Waals surface area contributed by atoms with E-state index in [1.54, 1.807) is 12.4 Å². The van der Waals surface area contributed by atoms with Gasteiger partial charge in [0.25, 0.3) is 0 Å². The summed E-state index contributed by atoms with van der Waals surface area (Å²) >= 11 is 0. The first-order chi connectivity index (χ1) is 13.0. The minimum absolute atomic E-state index is 0.155. The molecular formula is C20H20FN3O3. The molecular weight excluding hydrogens is 349 g/mol. The smallest absolute Gasteiger partial charge is 0.315 e. The topological polar surface area (TPSA) is 86.5 Å². The minimum Gasteiger partial charge on any atom is -0.496 e. The average Bonchev–Trinajstić information content (AvgIpc) is 2.69. The second-order valence-electron chi connectivity index (χ2n) is 5.97. The van der Waals surface area contributed by atoms with E-state index in [-0.39, 0.29) is 6.54 Å². The van der Waals surface area contributed by atoms with Gasteiger partial charge in [0.05, 0.1) is 25.6 Å². The van der Waals surface area contributed by atoms with Gasteiger partial charge in [-0.15, -0.1) is 0 Å². The zero-order chi connectivity index (χ0) is 19.4. The Morgan fingerprint density at radius 3 is 2.81 bits per heavy atom. The molecule has 1 unspecified atom stereocenters. The number of pyridine rings is 1. The summed E-state index contributed by atoms with van der Waals surface area (Å²) in [5, 5.41) is 4.93. The van der Waals surface area contributed by atoms with E-state index < -0.39 is 17.7 Å². The van der Waals surface area contributed by atoms with E-state index in [0.29, 0.717) is 22.7 Å². The molecule has 1 aromatic heterocycles. The standard InChI is InChI=1S/C20H20FN3O3/c1-26-18-6-4-13(21)9-14(18)16(20(25)27-2)11-24-17-5-3-12-7-8-23-10-15(12)19(17)22/h3-10,16,24H,11,22H2,1-2H3. The summed E-state index contributed by atoms with van der Waals surface area (Å²) in [4.78, 5) is 16.4. The summed E-state index contributed by atoms with van der Waals surface area (Å²) in [6.07, 6.45) is 3.38. The number of nitrogens with two attached hydrogens (primary N) is 1. The highest BCUT2D eigenvalue weighted by atomic mass is 19.1. The number of fused-ring (bicyclic) bond motifs is 1. The van der Waals surface area contributed by atoms with Crippen molar-refractivity contribution in [2.75, 3.05) is 31.8 Å². The Morgan fingerprint density at radius 1 is 1.26 bits per heavy atom. The predicted molar refractivity (Wildman–Crippen MR) is 102 cm³/mol. The van der Waals surface area contributed by atoms with Crippen LogP contribution in [-0.4, -0.2) is 31.7 Å². The van der Waals surface area contributed by atoms with Crippen molar-refractivity contribution in [1.29, 1.82) is 0 Å². The second kappa shape index (κ2) is 7.90. The molecule has 0 fully saturated rings. The molecule has 0 bridgehead atoms. The number of carbonyl (C=O) groups is 1. The SMILES string of the molecule is COC(=O)C(CNc1ccc2ccncc2c1N)c1cc(F)ccc1OC. The fraction of sp³-hybridized carbons (Fsp3) is 0.200. The van der Waals surface area contributed by atoms with Gasteiger partial charge in [0.1, 0.15) is 17.5 Å². The van der Waals surface area contributed by atoms with Crippen molar-refractivity contribution in [2.45, 2.75) is 5.92 Å². The number of hydrogen-bond acceptors (Lipinski definition) is 6. The number of anilines is 2. The predicted octanol–water partition coefficient (Wildman–Crippen LogP) is 3.33. The maximum Gasteiger partial charge on any atom is 0.315 e. The van der Waals surface area contributed by atoms with Gasteiger partial charge in [-0.2, -0.15) is 0 Å². The maximum absolute atomic E-state index is 13.8. The van der Waals surface area contributed by atoms with Crippen molar-refractivity contribution in [1.82, 2.24) is 4.98 Å². The molecule has 0 aliphatic heterocycles. The summed E-state index contributed by atoms with van der Waals surface area (Å²) in [5.41, 5.74) is 7.81. The summed E-state index contributed by atoms with van der Waals surface area (Å²) in [6, 6.07) is 9.63. The lowest BCUT2D eigenvalue weighted by atomic mass is 9.97. The number of halogens is 1. The van der Waals surface area contributed by atoms with E-state index in [1.807, 2.05) is 18.2 Å². The zero-order valence-corrected chi connectivity index (χ0v) is 15.0. The Morgan fingerprint density at radius 2 is 2.07 bits per heavy atom. The Bertz CT molecular complexity index is 978. The highest BCUT2D eigenvalue weighted by Crippen LogP contribution is 2.31. The lowest BCUT2D eigenvalue weighted by molar-refractivity contribution is -0.142. The number of ether oxygens (including phenoxy) is 2. The number of rotatable bonds is 6. The molecule has 0 saturated heterocycles. The minimum atomic E-state index is -0.773. The summed E-state index contributed by atoms with van der Waals surface area (Å²) in [7, 11) is 2.75. The molecule has 3 aromatic rings. The van der Waals surface area contributed by atoms with Crippen LogP contribution in [0.4, 0.5) is 15.8 Å². The van der Waals surface area contributed by atoms with Crippen LogP contribution >= 0.6 is 0 Å². The monoisotopic (exact) mass is 369 g/mol. The highest BCUT2D eigenvalue weighted by molar-refractivity contribution is 5.98. The highest BCUT2D eigenvalue weighted by Gasteiger charge is 2.25. The molecule has 140 valence electrons. The van der Waals surface area contributed by atoms with Gasteiger partial charge in [0, 0.05) is 29.9 Å². The molecule has 1 heterocycles. The number of carbonyl (C=O) groups excluding carboxylic acids is 1. The van der Waals surface area contributed by atoms with Crippen LogP contribution in [0.25, 0.3) is 10.8 Å². The molecule has 3 rings (SSSR count). The molecule has 0 radical (unpaired) electrons. The van der Waals surface area contributed by atoms with Crippen LogP contribution in [0.15, 0.2) is 48.8 Å². The third kappa shape index (κ3) is 3.76. The van der Waals surface area contributed by atoms with Crippen molar-refractivity contribution >= 4 is 28.1 Å². The van der Waals surface area contributed by atoms with Crippen LogP contribution in [0.3, 0.4) is 0 Å². The Kier molecular flexibility index (Phi) is 5.40. The number of aromatic nitrogens is 1. The van der Waals surface area contributed by atoms with Crippen LogP contribution in [0, 0.1) is 5.82 Å². The van der Waals surface area contributed by atoms with E-state index in [0.717, 1.165) is 10.8 Å². The third-order valence-corrected chi connectivity index (χ3v) is 4.41. The van der Waals surface area contributed by atoms with Crippen LogP contribution in [0.1, 0.15) is 11.5 Å². The average molecular weight is 369 g/mol. The zero-order valence-electron chi connectivity index (χ0n) is 15.0. The first-order valence-electron chi connectivity index (χ1n) is 8.32. The van der Waals surface area contributed by atoms with Crippen LogP contribution < -0.4 is 15.8 Å². The number of benzene rings is 2. The Balaban J connectivity index is 1.92. The number of hydrogen-bond donors (Lipinski definition) is 2. The van der Waals surface area contributed by atoms with Crippen molar-refractivity contribution in [3.8, 4) is 5.75 Å². The molecule has 27 heavy (non-hydrogen) atoms. The molecule has 0 amide bonds. The van der Waals surface area contributed by atoms with Gasteiger partial charge in [0.15, 0.2) is 0 Å². The number of nitrogens with one attached hydrogen (secondary N) is 1. The van der Waals surface area contributed by atoms with E-state index in [9.17, 15) is 9.18 Å². The fourth-order valence-electron chi connectivity index (χ4n) is 2.99. The first kappa shape index (κ1) is 18.4. The maximum atomic E-state index is 13.8. The lowest BCUT2D eigenvalue weighted by Gasteiger charge is -2.20. The van der Waals surface area contributed by atoms with Crippen molar-refractivity contribution in [2.24, 2.45) is 0 Å². The molecule has 0 aliphatic carbocycles. The van der Waals surface area contributed by atoms with Gasteiger partial charge in [-0.25, -0.2) is 4.39 Å². The molecule has 0 aliphatic rings. The van der Waals surface area contributed by atoms with E-state index >= 15 is 0 Å². The normalized spacial score (nSPS) is 11.8. The number of nitrogens with zero attached hydrogens (tertiary/aromatic N) is 1. The Labute approximate surface area is 156 Å². The van der Waals surface area contributed by atoms with Crippen molar-refractivity contribution in [3.63, 3.8) is 0 Å². The Hall–Kier alpha value is -3.35. The van der Waals surface area contributed by atoms with E-state index in [1.165, 1.54) is 32.4 Å². The molecule has 3 N–H and O–H groups in total. The van der Waals surface area contributed by atoms with Gasteiger partial charge in [0.2, 0.25) is 0 Å². The van der Waals surface area contributed by atoms with Crippen LogP contribution in [0.5, 0.6) is 5.75 Å². The van der Waals surface area contributed by atoms with Gasteiger partial charge < -0.3 is 20.5 Å². The third-order valence-electron chi connectivity index (χ3n) is 4.41. The van der Waals surface area contributed by atoms with Gasteiger partial charge >= 0.3 is 5.97 Å². The number of nitrogen functional groups attached to an aromatic ring is 1. The van der Waals surface area contributed by atoms with Gasteiger partial charge in [-0.05, 0) is 35.7 Å². The first-order valence-corrected chi connectivity index (χ1v) is 8.32. The molecule has 0 saturated carbocycles. The largest absolute Gasteiger partial charge is 0.496 e. The second-order valence-corrected chi connectivity index (χ2v) is 5.97. The summed E-state index contributed by atoms with van der Waals surface area (Å²) in [6.45, 7) is 0.155. The van der Waals surface area contributed by atoms with Gasteiger partial charge in [-0.3, -0.25) is 9.78 Å². The van der Waals surface area contributed by atoms with Crippen molar-refractivity contribution in [3.05, 3.63) is 60.2 Å².